The number of hydrogen-bond acceptors (Lipinski definition) is 3. The van der Waals surface area contributed by atoms with Gasteiger partial charge in [-0.3, -0.25) is 9.59 Å². The van der Waals surface area contributed by atoms with Gasteiger partial charge in [0.05, 0.1) is 0 Å². The summed E-state index contributed by atoms with van der Waals surface area (Å²) in [5.41, 5.74) is 0. The summed E-state index contributed by atoms with van der Waals surface area (Å²) in [7, 11) is 0. The SMILES string of the molecule is CC(CC(=O)NC1CCNC1)NC(=O)C1CCCC1. The largest absolute Gasteiger partial charge is 0.353 e. The Bertz CT molecular complexity index is 321. The molecule has 0 aromatic carbocycles. The second-order valence-corrected chi connectivity index (χ2v) is 5.85. The summed E-state index contributed by atoms with van der Waals surface area (Å²) in [6.07, 6.45) is 5.67. The molecule has 1 saturated heterocycles. The van der Waals surface area contributed by atoms with E-state index in [1.807, 2.05) is 6.92 Å². The van der Waals surface area contributed by atoms with Crippen molar-refractivity contribution in [3.63, 3.8) is 0 Å². The van der Waals surface area contributed by atoms with Crippen LogP contribution in [0, 0.1) is 5.92 Å². The molecular formula is C14H25N3O2. The van der Waals surface area contributed by atoms with Crippen molar-refractivity contribution in [2.45, 2.75) is 57.5 Å². The van der Waals surface area contributed by atoms with Gasteiger partial charge in [0.15, 0.2) is 0 Å². The minimum absolute atomic E-state index is 0.0351. The van der Waals surface area contributed by atoms with E-state index in [9.17, 15) is 9.59 Å². The molecule has 1 aliphatic heterocycles. The molecule has 2 amide bonds. The summed E-state index contributed by atoms with van der Waals surface area (Å²) in [5, 5.41) is 9.18. The average molecular weight is 267 g/mol. The first kappa shape index (κ1) is 14.3. The Balaban J connectivity index is 1.66. The Kier molecular flexibility index (Phi) is 5.19. The molecular weight excluding hydrogens is 242 g/mol. The smallest absolute Gasteiger partial charge is 0.223 e. The number of hydrogen-bond donors (Lipinski definition) is 3. The van der Waals surface area contributed by atoms with E-state index < -0.39 is 0 Å². The minimum atomic E-state index is -0.0811. The standard InChI is InChI=1S/C14H25N3O2/c1-10(16-14(19)11-4-2-3-5-11)8-13(18)17-12-6-7-15-9-12/h10-12,15H,2-9H2,1H3,(H,16,19)(H,17,18). The van der Waals surface area contributed by atoms with Gasteiger partial charge < -0.3 is 16.0 Å². The van der Waals surface area contributed by atoms with Gasteiger partial charge in [-0.15, -0.1) is 0 Å². The Morgan fingerprint density at radius 3 is 2.63 bits per heavy atom. The van der Waals surface area contributed by atoms with Gasteiger partial charge in [0.2, 0.25) is 11.8 Å². The van der Waals surface area contributed by atoms with Crippen LogP contribution >= 0.6 is 0 Å². The maximum Gasteiger partial charge on any atom is 0.223 e. The average Bonchev–Trinajstić information content (AvgIpc) is 3.00. The summed E-state index contributed by atoms with van der Waals surface area (Å²) in [4.78, 5) is 23.8. The first-order valence-corrected chi connectivity index (χ1v) is 7.45. The van der Waals surface area contributed by atoms with Gasteiger partial charge in [0.1, 0.15) is 0 Å². The van der Waals surface area contributed by atoms with Gasteiger partial charge in [-0.1, -0.05) is 12.8 Å². The lowest BCUT2D eigenvalue weighted by Crippen LogP contribution is -2.42. The predicted molar refractivity (Wildman–Crippen MR) is 73.6 cm³/mol. The molecule has 1 aliphatic carbocycles. The quantitative estimate of drug-likeness (QED) is 0.681. The molecule has 2 rings (SSSR count). The van der Waals surface area contributed by atoms with Crippen LogP contribution in [0.2, 0.25) is 0 Å². The van der Waals surface area contributed by atoms with Crippen molar-refractivity contribution in [3.8, 4) is 0 Å². The van der Waals surface area contributed by atoms with Crippen LogP contribution in [0.3, 0.4) is 0 Å². The highest BCUT2D eigenvalue weighted by atomic mass is 16.2. The van der Waals surface area contributed by atoms with Gasteiger partial charge in [-0.25, -0.2) is 0 Å². The van der Waals surface area contributed by atoms with Crippen LogP contribution < -0.4 is 16.0 Å². The van der Waals surface area contributed by atoms with E-state index >= 15 is 0 Å². The Morgan fingerprint density at radius 2 is 2.00 bits per heavy atom. The van der Waals surface area contributed by atoms with E-state index in [0.29, 0.717) is 6.42 Å². The van der Waals surface area contributed by atoms with E-state index in [1.165, 1.54) is 0 Å². The first-order valence-electron chi connectivity index (χ1n) is 7.45. The molecule has 2 aliphatic rings. The van der Waals surface area contributed by atoms with E-state index in [-0.39, 0.29) is 29.8 Å². The molecule has 0 radical (unpaired) electrons. The van der Waals surface area contributed by atoms with Crippen LogP contribution in [-0.4, -0.2) is 37.0 Å². The molecule has 0 bridgehead atoms. The highest BCUT2D eigenvalue weighted by Gasteiger charge is 2.24. The molecule has 1 saturated carbocycles. The molecule has 0 spiro atoms. The van der Waals surface area contributed by atoms with Crippen molar-refractivity contribution in [1.82, 2.24) is 16.0 Å². The maximum atomic E-state index is 11.9. The van der Waals surface area contributed by atoms with Crippen molar-refractivity contribution < 1.29 is 9.59 Å². The number of carbonyl (C=O) groups excluding carboxylic acids is 2. The van der Waals surface area contributed by atoms with E-state index in [4.69, 9.17) is 0 Å². The van der Waals surface area contributed by atoms with Crippen molar-refractivity contribution in [1.29, 1.82) is 0 Å². The molecule has 19 heavy (non-hydrogen) atoms. The van der Waals surface area contributed by atoms with Crippen molar-refractivity contribution >= 4 is 11.8 Å². The molecule has 0 aromatic heterocycles. The van der Waals surface area contributed by atoms with E-state index in [1.54, 1.807) is 0 Å². The molecule has 2 unspecified atom stereocenters. The number of nitrogens with one attached hydrogen (secondary N) is 3. The van der Waals surface area contributed by atoms with Crippen molar-refractivity contribution in [2.75, 3.05) is 13.1 Å². The molecule has 5 heteroatoms. The Morgan fingerprint density at radius 1 is 1.26 bits per heavy atom. The lowest BCUT2D eigenvalue weighted by molar-refractivity contribution is -0.126. The second-order valence-electron chi connectivity index (χ2n) is 5.85. The Hall–Kier alpha value is -1.10. The number of carbonyl (C=O) groups is 2. The third-order valence-corrected chi connectivity index (χ3v) is 4.03. The number of amides is 2. The number of rotatable bonds is 5. The molecule has 2 fully saturated rings. The van der Waals surface area contributed by atoms with Crippen molar-refractivity contribution in [2.24, 2.45) is 5.92 Å². The fourth-order valence-corrected chi connectivity index (χ4v) is 2.94. The second kappa shape index (κ2) is 6.89. The van der Waals surface area contributed by atoms with Gasteiger partial charge in [-0.2, -0.15) is 0 Å². The van der Waals surface area contributed by atoms with Gasteiger partial charge in [-0.05, 0) is 32.7 Å². The zero-order valence-electron chi connectivity index (χ0n) is 11.7. The van der Waals surface area contributed by atoms with E-state index in [2.05, 4.69) is 16.0 Å². The first-order chi connectivity index (χ1) is 9.15. The van der Waals surface area contributed by atoms with Crippen molar-refractivity contribution in [3.05, 3.63) is 0 Å². The maximum absolute atomic E-state index is 11.9. The van der Waals surface area contributed by atoms with Crippen LogP contribution in [0.25, 0.3) is 0 Å². The molecule has 108 valence electrons. The monoisotopic (exact) mass is 267 g/mol. The zero-order chi connectivity index (χ0) is 13.7. The highest BCUT2D eigenvalue weighted by Crippen LogP contribution is 2.24. The third-order valence-electron chi connectivity index (χ3n) is 4.03. The highest BCUT2D eigenvalue weighted by molar-refractivity contribution is 5.81. The molecule has 3 N–H and O–H groups in total. The van der Waals surface area contributed by atoms with Gasteiger partial charge in [0, 0.05) is 31.0 Å². The molecule has 2 atom stereocenters. The Labute approximate surface area is 114 Å². The fraction of sp³-hybridized carbons (Fsp3) is 0.857. The molecule has 1 heterocycles. The molecule has 5 nitrogen and oxygen atoms in total. The van der Waals surface area contributed by atoms with Crippen LogP contribution in [-0.2, 0) is 9.59 Å². The summed E-state index contributed by atoms with van der Waals surface area (Å²) >= 11 is 0. The summed E-state index contributed by atoms with van der Waals surface area (Å²) in [5.74, 6) is 0.331. The summed E-state index contributed by atoms with van der Waals surface area (Å²) < 4.78 is 0. The topological polar surface area (TPSA) is 70.2 Å². The fourth-order valence-electron chi connectivity index (χ4n) is 2.94. The minimum Gasteiger partial charge on any atom is -0.353 e. The van der Waals surface area contributed by atoms with Crippen LogP contribution in [0.1, 0.15) is 45.4 Å². The normalized spacial score (nSPS) is 25.2. The van der Waals surface area contributed by atoms with Crippen LogP contribution in [0.15, 0.2) is 0 Å². The van der Waals surface area contributed by atoms with Crippen LogP contribution in [0.5, 0.6) is 0 Å². The lowest BCUT2D eigenvalue weighted by Gasteiger charge is -2.18. The van der Waals surface area contributed by atoms with E-state index in [0.717, 1.165) is 45.2 Å². The zero-order valence-corrected chi connectivity index (χ0v) is 11.7. The van der Waals surface area contributed by atoms with Gasteiger partial charge in [0.25, 0.3) is 0 Å². The summed E-state index contributed by atoms with van der Waals surface area (Å²) in [6.45, 7) is 3.73. The summed E-state index contributed by atoms with van der Waals surface area (Å²) in [6, 6.07) is 0.174. The van der Waals surface area contributed by atoms with Gasteiger partial charge >= 0.3 is 0 Å². The third kappa shape index (κ3) is 4.49. The molecule has 0 aromatic rings. The predicted octanol–water partition coefficient (Wildman–Crippen LogP) is 0.550. The van der Waals surface area contributed by atoms with Crippen LogP contribution in [0.4, 0.5) is 0 Å². The lowest BCUT2D eigenvalue weighted by atomic mass is 10.1.